The predicted octanol–water partition coefficient (Wildman–Crippen LogP) is 2.63. The fraction of sp³-hybridized carbons (Fsp3) is 0.737. The Labute approximate surface area is 149 Å². The van der Waals surface area contributed by atoms with E-state index in [1.165, 1.54) is 0 Å². The zero-order valence-electron chi connectivity index (χ0n) is 15.1. The zero-order chi connectivity index (χ0) is 18.0. The average molecular weight is 348 g/mol. The minimum absolute atomic E-state index is 0.268. The summed E-state index contributed by atoms with van der Waals surface area (Å²) < 4.78 is 5.36. The lowest BCUT2D eigenvalue weighted by Gasteiger charge is -2.33. The van der Waals surface area contributed by atoms with Gasteiger partial charge in [0, 0.05) is 0 Å². The van der Waals surface area contributed by atoms with Crippen molar-refractivity contribution in [3.05, 3.63) is 12.2 Å². The molecule has 6 nitrogen and oxygen atoms in total. The lowest BCUT2D eigenvalue weighted by Crippen LogP contribution is -2.49. The van der Waals surface area contributed by atoms with E-state index in [1.54, 1.807) is 0 Å². The number of amides is 3. The van der Waals surface area contributed by atoms with Gasteiger partial charge in [0.05, 0.1) is 6.61 Å². The predicted molar refractivity (Wildman–Crippen MR) is 92.6 cm³/mol. The summed E-state index contributed by atoms with van der Waals surface area (Å²) in [6, 6.07) is -0.467. The van der Waals surface area contributed by atoms with Gasteiger partial charge < -0.3 is 10.1 Å². The van der Waals surface area contributed by atoms with Gasteiger partial charge in [-0.3, -0.25) is 14.5 Å². The zero-order valence-corrected chi connectivity index (χ0v) is 15.1. The first-order chi connectivity index (χ1) is 11.9. The molecule has 2 aliphatic carbocycles. The van der Waals surface area contributed by atoms with E-state index in [-0.39, 0.29) is 12.5 Å². The number of imide groups is 1. The van der Waals surface area contributed by atoms with Crippen molar-refractivity contribution in [2.75, 3.05) is 13.2 Å². The molecule has 138 valence electrons. The van der Waals surface area contributed by atoms with Gasteiger partial charge in [-0.25, -0.2) is 4.79 Å². The Morgan fingerprint density at radius 1 is 1.24 bits per heavy atom. The summed E-state index contributed by atoms with van der Waals surface area (Å²) in [4.78, 5) is 38.1. The lowest BCUT2D eigenvalue weighted by molar-refractivity contribution is -0.149. The van der Waals surface area contributed by atoms with Crippen LogP contribution in [0.4, 0.5) is 4.79 Å². The number of esters is 1. The van der Waals surface area contributed by atoms with Crippen LogP contribution in [0.2, 0.25) is 0 Å². The number of rotatable bonds is 4. The summed E-state index contributed by atoms with van der Waals surface area (Å²) >= 11 is 0. The molecule has 1 aliphatic heterocycles. The Morgan fingerprint density at radius 3 is 2.60 bits per heavy atom. The van der Waals surface area contributed by atoms with Crippen molar-refractivity contribution in [2.24, 2.45) is 17.8 Å². The van der Waals surface area contributed by atoms with Crippen LogP contribution in [-0.2, 0) is 14.3 Å². The minimum atomic E-state index is -0.799. The van der Waals surface area contributed by atoms with Crippen LogP contribution >= 0.6 is 0 Å². The topological polar surface area (TPSA) is 75.7 Å². The SMILES string of the molecule is CC1CCC2(CC1)NC(=O)N(CC(=O)OCC1CC=CCC1C)C2=O. The highest BCUT2D eigenvalue weighted by Crippen LogP contribution is 2.36. The van der Waals surface area contributed by atoms with Crippen molar-refractivity contribution in [1.29, 1.82) is 0 Å². The van der Waals surface area contributed by atoms with Gasteiger partial charge >= 0.3 is 12.0 Å². The second kappa shape index (κ2) is 7.18. The standard InChI is InChI=1S/C19H28N2O4/c1-13-7-9-19(10-8-13)17(23)21(18(24)20-19)11-16(22)25-12-15-6-4-3-5-14(15)2/h3-4,13-15H,5-12H2,1-2H3,(H,20,24). The molecule has 1 spiro atoms. The van der Waals surface area contributed by atoms with Crippen molar-refractivity contribution in [3.8, 4) is 0 Å². The Balaban J connectivity index is 1.53. The molecule has 0 aromatic rings. The van der Waals surface area contributed by atoms with Gasteiger partial charge in [0.15, 0.2) is 0 Å². The van der Waals surface area contributed by atoms with E-state index in [4.69, 9.17) is 4.74 Å². The number of allylic oxidation sites excluding steroid dienone is 2. The van der Waals surface area contributed by atoms with E-state index in [0.29, 0.717) is 37.2 Å². The summed E-state index contributed by atoms with van der Waals surface area (Å²) in [6.45, 7) is 4.35. The Morgan fingerprint density at radius 2 is 1.92 bits per heavy atom. The summed E-state index contributed by atoms with van der Waals surface area (Å²) in [5.74, 6) is 0.577. The summed E-state index contributed by atoms with van der Waals surface area (Å²) in [6.07, 6.45) is 9.29. The smallest absolute Gasteiger partial charge is 0.326 e. The van der Waals surface area contributed by atoms with E-state index in [0.717, 1.165) is 30.6 Å². The molecule has 2 fully saturated rings. The Kier molecular flexibility index (Phi) is 5.16. The number of urea groups is 1. The molecule has 0 bridgehead atoms. The lowest BCUT2D eigenvalue weighted by atomic mass is 9.77. The molecule has 1 saturated carbocycles. The number of hydrogen-bond donors (Lipinski definition) is 1. The third kappa shape index (κ3) is 3.72. The molecule has 2 atom stereocenters. The van der Waals surface area contributed by atoms with Crippen LogP contribution in [0, 0.1) is 17.8 Å². The molecule has 25 heavy (non-hydrogen) atoms. The van der Waals surface area contributed by atoms with Gasteiger partial charge in [0.25, 0.3) is 5.91 Å². The summed E-state index contributed by atoms with van der Waals surface area (Å²) in [5, 5.41) is 2.83. The van der Waals surface area contributed by atoms with E-state index in [2.05, 4.69) is 31.3 Å². The molecule has 3 aliphatic rings. The highest BCUT2D eigenvalue weighted by Gasteiger charge is 2.52. The van der Waals surface area contributed by atoms with Crippen molar-refractivity contribution in [1.82, 2.24) is 10.2 Å². The van der Waals surface area contributed by atoms with Crippen LogP contribution in [0.3, 0.4) is 0 Å². The van der Waals surface area contributed by atoms with Gasteiger partial charge in [-0.05, 0) is 56.3 Å². The summed E-state index contributed by atoms with van der Waals surface area (Å²) in [7, 11) is 0. The monoisotopic (exact) mass is 348 g/mol. The highest BCUT2D eigenvalue weighted by molar-refractivity contribution is 6.08. The van der Waals surface area contributed by atoms with E-state index in [9.17, 15) is 14.4 Å². The molecule has 3 rings (SSSR count). The molecular formula is C19H28N2O4. The molecule has 0 aromatic carbocycles. The van der Waals surface area contributed by atoms with Crippen molar-refractivity contribution in [3.63, 3.8) is 0 Å². The van der Waals surface area contributed by atoms with Gasteiger partial charge in [-0.15, -0.1) is 0 Å². The second-order valence-electron chi connectivity index (χ2n) is 7.95. The fourth-order valence-electron chi connectivity index (χ4n) is 4.03. The normalized spacial score (nSPS) is 35.1. The number of nitrogens with zero attached hydrogens (tertiary/aromatic N) is 1. The first-order valence-electron chi connectivity index (χ1n) is 9.36. The van der Waals surface area contributed by atoms with Gasteiger partial charge in [0.2, 0.25) is 0 Å². The first-order valence-corrected chi connectivity index (χ1v) is 9.36. The first kappa shape index (κ1) is 18.0. The van der Waals surface area contributed by atoms with E-state index in [1.807, 2.05) is 0 Å². The second-order valence-corrected chi connectivity index (χ2v) is 7.95. The Bertz CT molecular complexity index is 578. The Hall–Kier alpha value is -1.85. The maximum Gasteiger partial charge on any atom is 0.326 e. The van der Waals surface area contributed by atoms with Crippen LogP contribution in [0.5, 0.6) is 0 Å². The molecule has 1 N–H and O–H groups in total. The molecule has 0 radical (unpaired) electrons. The molecular weight excluding hydrogens is 320 g/mol. The van der Waals surface area contributed by atoms with E-state index < -0.39 is 17.5 Å². The third-order valence-corrected chi connectivity index (χ3v) is 6.04. The molecule has 6 heteroatoms. The fourth-order valence-corrected chi connectivity index (χ4v) is 4.03. The number of nitrogens with one attached hydrogen (secondary N) is 1. The third-order valence-electron chi connectivity index (χ3n) is 6.04. The van der Waals surface area contributed by atoms with Crippen LogP contribution in [-0.4, -0.2) is 41.5 Å². The average Bonchev–Trinajstić information content (AvgIpc) is 2.81. The molecule has 0 aromatic heterocycles. The van der Waals surface area contributed by atoms with Crippen LogP contribution in [0.1, 0.15) is 52.4 Å². The van der Waals surface area contributed by atoms with Crippen molar-refractivity contribution >= 4 is 17.9 Å². The summed E-state index contributed by atoms with van der Waals surface area (Å²) in [5.41, 5.74) is -0.799. The molecule has 2 unspecified atom stereocenters. The largest absolute Gasteiger partial charge is 0.464 e. The quantitative estimate of drug-likeness (QED) is 0.481. The number of carbonyl (C=O) groups is 3. The number of carbonyl (C=O) groups excluding carboxylic acids is 3. The van der Waals surface area contributed by atoms with Crippen LogP contribution in [0.25, 0.3) is 0 Å². The van der Waals surface area contributed by atoms with Crippen molar-refractivity contribution < 1.29 is 19.1 Å². The van der Waals surface area contributed by atoms with Crippen LogP contribution < -0.4 is 5.32 Å². The van der Waals surface area contributed by atoms with Gasteiger partial charge in [-0.1, -0.05) is 26.0 Å². The van der Waals surface area contributed by atoms with Crippen LogP contribution in [0.15, 0.2) is 12.2 Å². The number of hydrogen-bond acceptors (Lipinski definition) is 4. The van der Waals surface area contributed by atoms with Gasteiger partial charge in [-0.2, -0.15) is 0 Å². The molecule has 1 saturated heterocycles. The molecule has 1 heterocycles. The van der Waals surface area contributed by atoms with Crippen molar-refractivity contribution in [2.45, 2.75) is 57.9 Å². The maximum atomic E-state index is 12.7. The maximum absolute atomic E-state index is 12.7. The van der Waals surface area contributed by atoms with E-state index >= 15 is 0 Å². The van der Waals surface area contributed by atoms with Gasteiger partial charge in [0.1, 0.15) is 12.1 Å². The highest BCUT2D eigenvalue weighted by atomic mass is 16.5. The minimum Gasteiger partial charge on any atom is -0.464 e. The molecule has 3 amide bonds. The number of ether oxygens (including phenoxy) is 1.